The molecule has 6 aromatic rings. The van der Waals surface area contributed by atoms with E-state index < -0.39 is 0 Å². The average Bonchev–Trinajstić information content (AvgIpc) is 3.43. The molecule has 46 heavy (non-hydrogen) atoms. The number of phenols is 1. The summed E-state index contributed by atoms with van der Waals surface area (Å²) in [6.45, 7) is 19.7. The van der Waals surface area contributed by atoms with Gasteiger partial charge in [-0.1, -0.05) is 105 Å². The third-order valence-electron chi connectivity index (χ3n) is 8.58. The van der Waals surface area contributed by atoms with Gasteiger partial charge in [0.1, 0.15) is 10.8 Å². The summed E-state index contributed by atoms with van der Waals surface area (Å²) in [5, 5.41) is 14.6. The Hall–Kier alpha value is -4.35. The molecule has 2 aromatic heterocycles. The molecule has 0 bridgehead atoms. The van der Waals surface area contributed by atoms with Crippen molar-refractivity contribution in [3.05, 3.63) is 107 Å². The lowest BCUT2D eigenvalue weighted by atomic mass is 9.79. The quantitative estimate of drug-likeness (QED) is 0.198. The number of rotatable bonds is 4. The third kappa shape index (κ3) is 6.09. The van der Waals surface area contributed by atoms with Crippen LogP contribution in [0.15, 0.2) is 90.1 Å². The zero-order valence-corrected chi connectivity index (χ0v) is 29.2. The van der Waals surface area contributed by atoms with Crippen molar-refractivity contribution in [1.82, 2.24) is 9.97 Å². The molecule has 0 unspecified atom stereocenters. The van der Waals surface area contributed by atoms with Gasteiger partial charge in [-0.2, -0.15) is 0 Å². The first-order valence-corrected chi connectivity index (χ1v) is 16.7. The summed E-state index contributed by atoms with van der Waals surface area (Å²) in [6.07, 6.45) is 3.67. The number of aliphatic imine (C=N–C) groups is 1. The van der Waals surface area contributed by atoms with Gasteiger partial charge in [-0.15, -0.1) is 11.3 Å². The molecule has 0 fully saturated rings. The molecule has 4 nitrogen and oxygen atoms in total. The van der Waals surface area contributed by atoms with E-state index in [2.05, 4.69) is 123 Å². The molecule has 0 aliphatic rings. The summed E-state index contributed by atoms with van der Waals surface area (Å²) in [5.41, 5.74) is 8.40. The van der Waals surface area contributed by atoms with Gasteiger partial charge in [0, 0.05) is 40.1 Å². The van der Waals surface area contributed by atoms with Crippen molar-refractivity contribution in [3.63, 3.8) is 0 Å². The summed E-state index contributed by atoms with van der Waals surface area (Å²) in [5.74, 6) is 0.278. The van der Waals surface area contributed by atoms with E-state index in [0.29, 0.717) is 5.56 Å². The maximum Gasteiger partial charge on any atom is 0.128 e. The molecule has 1 N–H and O–H groups in total. The molecule has 0 saturated carbocycles. The molecule has 0 spiro atoms. The number of aromatic hydroxyl groups is 1. The van der Waals surface area contributed by atoms with Gasteiger partial charge in [-0.05, 0) is 69.2 Å². The number of aromatic nitrogens is 2. The maximum absolute atomic E-state index is 11.5. The highest BCUT2D eigenvalue weighted by Crippen LogP contribution is 2.44. The molecule has 2 heterocycles. The molecule has 234 valence electrons. The second-order valence-electron chi connectivity index (χ2n) is 15.3. The normalized spacial score (nSPS) is 12.9. The van der Waals surface area contributed by atoms with E-state index in [9.17, 15) is 5.11 Å². The van der Waals surface area contributed by atoms with Crippen LogP contribution in [0.3, 0.4) is 0 Å². The summed E-state index contributed by atoms with van der Waals surface area (Å²) in [4.78, 5) is 15.1. The van der Waals surface area contributed by atoms with Gasteiger partial charge in [0.25, 0.3) is 0 Å². The largest absolute Gasteiger partial charge is 0.507 e. The first kappa shape index (κ1) is 31.6. The number of phenolic OH excluding ortho intramolecular Hbond substituents is 1. The molecular formula is C41H43N3OS. The van der Waals surface area contributed by atoms with Crippen molar-refractivity contribution in [2.45, 2.75) is 78.6 Å². The zero-order chi connectivity index (χ0) is 33.0. The van der Waals surface area contributed by atoms with Gasteiger partial charge in [-0.25, -0.2) is 4.98 Å². The Morgan fingerprint density at radius 3 is 2.09 bits per heavy atom. The summed E-state index contributed by atoms with van der Waals surface area (Å²) >= 11 is 1.69. The van der Waals surface area contributed by atoms with Gasteiger partial charge in [0.2, 0.25) is 0 Å². The number of nitrogens with zero attached hydrogens (tertiary/aromatic N) is 3. The molecule has 0 aliphatic heterocycles. The highest BCUT2D eigenvalue weighted by molar-refractivity contribution is 7.21. The van der Waals surface area contributed by atoms with Gasteiger partial charge >= 0.3 is 0 Å². The number of thiazole rings is 1. The Morgan fingerprint density at radius 2 is 1.41 bits per heavy atom. The van der Waals surface area contributed by atoms with Gasteiger partial charge in [0.15, 0.2) is 0 Å². The standard InChI is InChI=1S/C41H43N3OS/c1-39(2,3)27-20-26(37(45)32(22-27)41(7,8)9)24-43-35-29-15-11-10-14-25(29)17-18-30(35)38-44-36-31(33-16-12-13-19-42-33)21-28(40(4,5)6)23-34(36)46-38/h10-24,45H,1-9H3. The monoisotopic (exact) mass is 625 g/mol. The molecule has 0 radical (unpaired) electrons. The number of hydrogen-bond donors (Lipinski definition) is 1. The number of pyridine rings is 1. The van der Waals surface area contributed by atoms with Gasteiger partial charge in [-0.3, -0.25) is 9.98 Å². The van der Waals surface area contributed by atoms with E-state index in [1.165, 1.54) is 5.56 Å². The predicted octanol–water partition coefficient (Wildman–Crippen LogP) is 11.5. The smallest absolute Gasteiger partial charge is 0.128 e. The molecule has 0 saturated heterocycles. The van der Waals surface area contributed by atoms with E-state index in [4.69, 9.17) is 15.0 Å². The van der Waals surface area contributed by atoms with Crippen LogP contribution in [0.2, 0.25) is 0 Å². The molecule has 6 rings (SSSR count). The Balaban J connectivity index is 1.58. The van der Waals surface area contributed by atoms with Crippen LogP contribution in [0, 0.1) is 0 Å². The highest BCUT2D eigenvalue weighted by atomic mass is 32.1. The van der Waals surface area contributed by atoms with E-state index in [1.807, 2.05) is 30.6 Å². The van der Waals surface area contributed by atoms with Crippen molar-refractivity contribution in [2.24, 2.45) is 4.99 Å². The zero-order valence-electron chi connectivity index (χ0n) is 28.4. The minimum atomic E-state index is -0.225. The Labute approximate surface area is 276 Å². The van der Waals surface area contributed by atoms with Gasteiger partial charge in [0.05, 0.1) is 21.6 Å². The second-order valence-corrected chi connectivity index (χ2v) is 16.3. The van der Waals surface area contributed by atoms with Crippen LogP contribution in [0.5, 0.6) is 5.75 Å². The van der Waals surface area contributed by atoms with Crippen molar-refractivity contribution in [3.8, 4) is 27.6 Å². The SMILES string of the molecule is CC(C)(C)c1cc(C=Nc2c(-c3nc4c(-c5ccccn5)cc(C(C)(C)C)cc4s3)ccc3ccccc23)c(O)c(C(C)(C)C)c1. The van der Waals surface area contributed by atoms with E-state index in [1.54, 1.807) is 11.3 Å². The molecule has 0 amide bonds. The lowest BCUT2D eigenvalue weighted by Crippen LogP contribution is -2.17. The molecule has 4 aromatic carbocycles. The lowest BCUT2D eigenvalue weighted by Gasteiger charge is -2.27. The summed E-state index contributed by atoms with van der Waals surface area (Å²) < 4.78 is 1.12. The maximum atomic E-state index is 11.5. The number of fused-ring (bicyclic) bond motifs is 2. The van der Waals surface area contributed by atoms with Crippen molar-refractivity contribution >= 4 is 44.2 Å². The third-order valence-corrected chi connectivity index (χ3v) is 9.61. The molecule has 0 atom stereocenters. The molecular weight excluding hydrogens is 583 g/mol. The van der Waals surface area contributed by atoms with Crippen LogP contribution in [0.1, 0.15) is 84.6 Å². The van der Waals surface area contributed by atoms with Crippen LogP contribution >= 0.6 is 11.3 Å². The Bertz CT molecular complexity index is 2100. The summed E-state index contributed by atoms with van der Waals surface area (Å²) in [7, 11) is 0. The first-order valence-electron chi connectivity index (χ1n) is 15.9. The van der Waals surface area contributed by atoms with Crippen LogP contribution in [0.25, 0.3) is 42.8 Å². The fourth-order valence-corrected chi connectivity index (χ4v) is 6.81. The van der Waals surface area contributed by atoms with Crippen molar-refractivity contribution in [1.29, 1.82) is 0 Å². The fraction of sp³-hybridized carbons (Fsp3) is 0.293. The minimum absolute atomic E-state index is 0.0320. The van der Waals surface area contributed by atoms with Crippen molar-refractivity contribution in [2.75, 3.05) is 0 Å². The second kappa shape index (κ2) is 11.5. The number of hydrogen-bond acceptors (Lipinski definition) is 5. The first-order chi connectivity index (χ1) is 21.6. The Morgan fingerprint density at radius 1 is 0.717 bits per heavy atom. The number of benzene rings is 4. The molecule has 0 aliphatic carbocycles. The van der Waals surface area contributed by atoms with Gasteiger partial charge < -0.3 is 5.11 Å². The average molecular weight is 626 g/mol. The van der Waals surface area contributed by atoms with Crippen LogP contribution < -0.4 is 0 Å². The topological polar surface area (TPSA) is 58.4 Å². The molecule has 5 heteroatoms. The van der Waals surface area contributed by atoms with E-state index in [0.717, 1.165) is 59.6 Å². The van der Waals surface area contributed by atoms with Crippen LogP contribution in [0.4, 0.5) is 5.69 Å². The highest BCUT2D eigenvalue weighted by Gasteiger charge is 2.25. The van der Waals surface area contributed by atoms with Crippen molar-refractivity contribution < 1.29 is 5.11 Å². The summed E-state index contributed by atoms with van der Waals surface area (Å²) in [6, 6.07) is 27.3. The van der Waals surface area contributed by atoms with E-state index >= 15 is 0 Å². The minimum Gasteiger partial charge on any atom is -0.507 e. The predicted molar refractivity (Wildman–Crippen MR) is 197 cm³/mol. The van der Waals surface area contributed by atoms with Crippen LogP contribution in [-0.2, 0) is 16.2 Å². The van der Waals surface area contributed by atoms with E-state index in [-0.39, 0.29) is 22.0 Å². The van der Waals surface area contributed by atoms with Crippen LogP contribution in [-0.4, -0.2) is 21.3 Å². The fourth-order valence-electron chi connectivity index (χ4n) is 5.76. The lowest BCUT2D eigenvalue weighted by molar-refractivity contribution is 0.444. The Kier molecular flexibility index (Phi) is 7.88.